The van der Waals surface area contributed by atoms with Gasteiger partial charge < -0.3 is 20.7 Å². The SMILES string of the molecule is CC(CC(=O)Nc1ccc(N2CCCCC2=O)c(Cl)c1)Oc1cccc(C(=N)N)c1. The molecule has 8 heteroatoms. The summed E-state index contributed by atoms with van der Waals surface area (Å²) < 4.78 is 5.76. The highest BCUT2D eigenvalue weighted by Gasteiger charge is 2.22. The van der Waals surface area contributed by atoms with Crippen molar-refractivity contribution in [1.82, 2.24) is 0 Å². The van der Waals surface area contributed by atoms with Gasteiger partial charge in [0.25, 0.3) is 0 Å². The lowest BCUT2D eigenvalue weighted by Gasteiger charge is -2.27. The number of carbonyl (C=O) groups is 2. The van der Waals surface area contributed by atoms with Crippen LogP contribution < -0.4 is 20.7 Å². The van der Waals surface area contributed by atoms with Gasteiger partial charge in [-0.2, -0.15) is 0 Å². The van der Waals surface area contributed by atoms with Crippen molar-refractivity contribution in [2.75, 3.05) is 16.8 Å². The minimum atomic E-state index is -0.382. The number of amidine groups is 1. The molecule has 2 aromatic carbocycles. The van der Waals surface area contributed by atoms with E-state index in [1.165, 1.54) is 0 Å². The lowest BCUT2D eigenvalue weighted by molar-refractivity contribution is -0.119. The van der Waals surface area contributed by atoms with Gasteiger partial charge in [0, 0.05) is 24.2 Å². The summed E-state index contributed by atoms with van der Waals surface area (Å²) in [6.07, 6.45) is 2.14. The van der Waals surface area contributed by atoms with Crippen LogP contribution in [0.25, 0.3) is 0 Å². The number of nitrogens with two attached hydrogens (primary N) is 1. The maximum Gasteiger partial charge on any atom is 0.228 e. The molecule has 7 nitrogen and oxygen atoms in total. The van der Waals surface area contributed by atoms with Gasteiger partial charge in [0.2, 0.25) is 11.8 Å². The summed E-state index contributed by atoms with van der Waals surface area (Å²) in [6, 6.07) is 12.0. The number of nitrogens with one attached hydrogen (secondary N) is 2. The fourth-order valence-electron chi connectivity index (χ4n) is 3.35. The normalized spacial score (nSPS) is 14.9. The quantitative estimate of drug-likeness (QED) is 0.458. The van der Waals surface area contributed by atoms with Crippen LogP contribution in [-0.2, 0) is 9.59 Å². The van der Waals surface area contributed by atoms with E-state index in [2.05, 4.69) is 5.32 Å². The lowest BCUT2D eigenvalue weighted by Crippen LogP contribution is -2.35. The van der Waals surface area contributed by atoms with E-state index in [-0.39, 0.29) is 30.2 Å². The Morgan fingerprint density at radius 3 is 2.80 bits per heavy atom. The minimum Gasteiger partial charge on any atom is -0.490 e. The van der Waals surface area contributed by atoms with Crippen molar-refractivity contribution in [2.24, 2.45) is 5.73 Å². The lowest BCUT2D eigenvalue weighted by atomic mass is 10.1. The van der Waals surface area contributed by atoms with E-state index < -0.39 is 0 Å². The summed E-state index contributed by atoms with van der Waals surface area (Å²) in [6.45, 7) is 2.45. The van der Waals surface area contributed by atoms with E-state index in [0.29, 0.717) is 40.7 Å². The molecule has 158 valence electrons. The Kier molecular flexibility index (Phi) is 6.95. The van der Waals surface area contributed by atoms with Crippen LogP contribution in [0.4, 0.5) is 11.4 Å². The van der Waals surface area contributed by atoms with E-state index in [1.807, 2.05) is 0 Å². The Morgan fingerprint density at radius 1 is 1.30 bits per heavy atom. The first-order chi connectivity index (χ1) is 14.3. The van der Waals surface area contributed by atoms with Crippen LogP contribution in [0.1, 0.15) is 38.2 Å². The highest BCUT2D eigenvalue weighted by Crippen LogP contribution is 2.31. The summed E-state index contributed by atoms with van der Waals surface area (Å²) in [5.74, 6) is 0.349. The second-order valence-electron chi connectivity index (χ2n) is 7.29. The van der Waals surface area contributed by atoms with Crippen molar-refractivity contribution in [3.8, 4) is 5.75 Å². The second-order valence-corrected chi connectivity index (χ2v) is 7.70. The third-order valence-corrected chi connectivity index (χ3v) is 5.10. The van der Waals surface area contributed by atoms with Gasteiger partial charge in [-0.1, -0.05) is 23.7 Å². The molecule has 2 aromatic rings. The topological polar surface area (TPSA) is 109 Å². The molecule has 1 fully saturated rings. The minimum absolute atomic E-state index is 0.0441. The molecular formula is C22H25ClN4O3. The Bertz CT molecular complexity index is 963. The van der Waals surface area contributed by atoms with Gasteiger partial charge in [0.15, 0.2) is 0 Å². The molecule has 0 aromatic heterocycles. The first-order valence-electron chi connectivity index (χ1n) is 9.84. The standard InChI is InChI=1S/C22H25ClN4O3/c1-14(30-17-6-4-5-15(12-17)22(24)25)11-20(28)26-16-8-9-19(18(23)13-16)27-10-3-2-7-21(27)29/h4-6,8-9,12-14H,2-3,7,10-11H2,1H3,(H3,24,25)(H,26,28). The summed E-state index contributed by atoms with van der Waals surface area (Å²) in [5, 5.41) is 10.7. The van der Waals surface area contributed by atoms with E-state index >= 15 is 0 Å². The number of rotatable bonds is 7. The molecule has 1 unspecified atom stereocenters. The van der Waals surface area contributed by atoms with Crippen molar-refractivity contribution in [3.63, 3.8) is 0 Å². The number of anilines is 2. The second kappa shape index (κ2) is 9.63. The molecule has 3 rings (SSSR count). The number of benzene rings is 2. The summed E-state index contributed by atoms with van der Waals surface area (Å²) >= 11 is 6.37. The molecule has 4 N–H and O–H groups in total. The van der Waals surface area contributed by atoms with Crippen LogP contribution in [0.5, 0.6) is 5.75 Å². The van der Waals surface area contributed by atoms with Crippen LogP contribution in [-0.4, -0.2) is 30.3 Å². The smallest absolute Gasteiger partial charge is 0.228 e. The van der Waals surface area contributed by atoms with Gasteiger partial charge in [-0.3, -0.25) is 15.0 Å². The molecule has 1 saturated heterocycles. The van der Waals surface area contributed by atoms with Crippen LogP contribution >= 0.6 is 11.6 Å². The first kappa shape index (κ1) is 21.6. The fourth-order valence-corrected chi connectivity index (χ4v) is 3.63. The third kappa shape index (κ3) is 5.51. The number of hydrogen-bond donors (Lipinski definition) is 3. The number of ether oxygens (including phenoxy) is 1. The predicted octanol–water partition coefficient (Wildman–Crippen LogP) is 3.94. The highest BCUT2D eigenvalue weighted by atomic mass is 35.5. The zero-order valence-electron chi connectivity index (χ0n) is 16.8. The van der Waals surface area contributed by atoms with E-state index in [4.69, 9.17) is 27.5 Å². The maximum atomic E-state index is 12.4. The van der Waals surface area contributed by atoms with Crippen LogP contribution in [0, 0.1) is 5.41 Å². The van der Waals surface area contributed by atoms with Crippen LogP contribution in [0.2, 0.25) is 5.02 Å². The van der Waals surface area contributed by atoms with Gasteiger partial charge in [-0.15, -0.1) is 0 Å². The average Bonchev–Trinajstić information content (AvgIpc) is 2.69. The van der Waals surface area contributed by atoms with Gasteiger partial charge in [0.05, 0.1) is 17.1 Å². The molecule has 0 radical (unpaired) electrons. The molecule has 30 heavy (non-hydrogen) atoms. The Hall–Kier alpha value is -3.06. The molecule has 0 bridgehead atoms. The number of amides is 2. The predicted molar refractivity (Wildman–Crippen MR) is 118 cm³/mol. The summed E-state index contributed by atoms with van der Waals surface area (Å²) in [5.41, 5.74) is 7.28. The number of hydrogen-bond acceptors (Lipinski definition) is 4. The van der Waals surface area contributed by atoms with Crippen molar-refractivity contribution < 1.29 is 14.3 Å². The summed E-state index contributed by atoms with van der Waals surface area (Å²) in [7, 11) is 0. The number of carbonyl (C=O) groups excluding carboxylic acids is 2. The summed E-state index contributed by atoms with van der Waals surface area (Å²) in [4.78, 5) is 26.2. The van der Waals surface area contributed by atoms with Crippen molar-refractivity contribution in [3.05, 3.63) is 53.1 Å². The molecule has 1 aliphatic rings. The number of nitrogens with zero attached hydrogens (tertiary/aromatic N) is 1. The third-order valence-electron chi connectivity index (χ3n) is 4.80. The van der Waals surface area contributed by atoms with Crippen molar-refractivity contribution >= 4 is 40.6 Å². The molecule has 0 spiro atoms. The maximum absolute atomic E-state index is 12.4. The van der Waals surface area contributed by atoms with Gasteiger partial charge >= 0.3 is 0 Å². The van der Waals surface area contributed by atoms with Gasteiger partial charge in [-0.05, 0) is 50.1 Å². The van der Waals surface area contributed by atoms with Crippen LogP contribution in [0.3, 0.4) is 0 Å². The molecule has 2 amide bonds. The zero-order valence-corrected chi connectivity index (χ0v) is 17.5. The number of halogens is 1. The zero-order chi connectivity index (χ0) is 21.7. The van der Waals surface area contributed by atoms with Crippen LogP contribution in [0.15, 0.2) is 42.5 Å². The van der Waals surface area contributed by atoms with Crippen molar-refractivity contribution in [2.45, 2.75) is 38.7 Å². The fraction of sp³-hybridized carbons (Fsp3) is 0.318. The molecule has 1 aliphatic heterocycles. The van der Waals surface area contributed by atoms with Gasteiger partial charge in [-0.25, -0.2) is 0 Å². The number of nitrogen functional groups attached to an aromatic ring is 1. The Labute approximate surface area is 180 Å². The Balaban J connectivity index is 1.58. The first-order valence-corrected chi connectivity index (χ1v) is 10.2. The van der Waals surface area contributed by atoms with E-state index in [1.54, 1.807) is 54.3 Å². The molecular weight excluding hydrogens is 404 g/mol. The molecule has 1 heterocycles. The average molecular weight is 429 g/mol. The molecule has 0 aliphatic carbocycles. The van der Waals surface area contributed by atoms with Gasteiger partial charge in [0.1, 0.15) is 17.7 Å². The van der Waals surface area contributed by atoms with Crippen molar-refractivity contribution in [1.29, 1.82) is 5.41 Å². The van der Waals surface area contributed by atoms with E-state index in [0.717, 1.165) is 12.8 Å². The Morgan fingerprint density at radius 2 is 2.10 bits per heavy atom. The van der Waals surface area contributed by atoms with E-state index in [9.17, 15) is 9.59 Å². The highest BCUT2D eigenvalue weighted by molar-refractivity contribution is 6.34. The number of piperidine rings is 1. The molecule has 0 saturated carbocycles. The molecule has 1 atom stereocenters. The monoisotopic (exact) mass is 428 g/mol. The largest absolute Gasteiger partial charge is 0.490 e.